The van der Waals surface area contributed by atoms with Gasteiger partial charge in [-0.3, -0.25) is 14.2 Å². The van der Waals surface area contributed by atoms with Gasteiger partial charge in [-0.2, -0.15) is 4.98 Å². The monoisotopic (exact) mass is 343 g/mol. The number of ether oxygens (including phenoxy) is 1. The quantitative estimate of drug-likeness (QED) is 0.770. The Morgan fingerprint density at radius 1 is 1.33 bits per heavy atom. The Balaban J connectivity index is 2.24. The van der Waals surface area contributed by atoms with Crippen LogP contribution in [-0.2, 0) is 6.54 Å². The number of nitrogens with zero attached hydrogens (tertiary/aromatic N) is 2. The Morgan fingerprint density at radius 3 is 2.67 bits per heavy atom. The molecule has 0 atom stereocenters. The van der Waals surface area contributed by atoms with Crippen LogP contribution >= 0.6 is 11.3 Å². The van der Waals surface area contributed by atoms with Crippen molar-refractivity contribution in [2.45, 2.75) is 20.4 Å². The van der Waals surface area contributed by atoms with Crippen molar-refractivity contribution in [2.24, 2.45) is 5.73 Å². The van der Waals surface area contributed by atoms with Crippen LogP contribution in [0.25, 0.3) is 10.2 Å². The molecule has 0 bridgehead atoms. The summed E-state index contributed by atoms with van der Waals surface area (Å²) in [5, 5.41) is 0.424. The molecule has 0 aliphatic carbocycles. The van der Waals surface area contributed by atoms with Crippen LogP contribution in [0, 0.1) is 6.92 Å². The van der Waals surface area contributed by atoms with Crippen LogP contribution in [0.2, 0.25) is 0 Å². The SMILES string of the molecule is CCOc1nc2sc(C(N)=O)c(C)c2c(=O)n1Cc1ccccc1. The third-order valence-electron chi connectivity index (χ3n) is 3.70. The van der Waals surface area contributed by atoms with Crippen LogP contribution in [-0.4, -0.2) is 22.1 Å². The van der Waals surface area contributed by atoms with Crippen molar-refractivity contribution in [3.05, 3.63) is 56.7 Å². The second-order valence-corrected chi connectivity index (χ2v) is 6.30. The first kappa shape index (κ1) is 16.2. The number of hydrogen-bond donors (Lipinski definition) is 1. The fourth-order valence-corrected chi connectivity index (χ4v) is 3.59. The average Bonchev–Trinajstić information content (AvgIpc) is 2.89. The van der Waals surface area contributed by atoms with Gasteiger partial charge in [0.1, 0.15) is 4.83 Å². The summed E-state index contributed by atoms with van der Waals surface area (Å²) in [7, 11) is 0. The molecule has 1 amide bonds. The molecule has 0 fully saturated rings. The fraction of sp³-hybridized carbons (Fsp3) is 0.235. The van der Waals surface area contributed by atoms with E-state index in [4.69, 9.17) is 10.5 Å². The molecule has 3 rings (SSSR count). The smallest absolute Gasteiger partial charge is 0.300 e. The second kappa shape index (κ2) is 6.45. The number of amides is 1. The first-order valence-corrected chi connectivity index (χ1v) is 8.35. The minimum absolute atomic E-state index is 0.228. The minimum Gasteiger partial charge on any atom is -0.465 e. The lowest BCUT2D eigenvalue weighted by Crippen LogP contribution is -2.24. The Labute approximate surface area is 142 Å². The number of fused-ring (bicyclic) bond motifs is 1. The lowest BCUT2D eigenvalue weighted by atomic mass is 10.2. The molecular formula is C17H17N3O3S. The summed E-state index contributed by atoms with van der Waals surface area (Å²) in [5.74, 6) is -0.553. The number of primary amides is 1. The number of nitrogens with two attached hydrogens (primary N) is 1. The number of thiophene rings is 1. The Hall–Kier alpha value is -2.67. The van der Waals surface area contributed by atoms with E-state index in [-0.39, 0.29) is 11.6 Å². The molecule has 6 nitrogen and oxygen atoms in total. The van der Waals surface area contributed by atoms with Gasteiger partial charge in [0.05, 0.1) is 23.4 Å². The number of carbonyl (C=O) groups is 1. The highest BCUT2D eigenvalue weighted by Crippen LogP contribution is 2.28. The van der Waals surface area contributed by atoms with Crippen molar-refractivity contribution in [1.82, 2.24) is 9.55 Å². The van der Waals surface area contributed by atoms with E-state index in [9.17, 15) is 9.59 Å². The number of benzene rings is 1. The largest absolute Gasteiger partial charge is 0.465 e. The second-order valence-electron chi connectivity index (χ2n) is 5.30. The molecule has 2 heterocycles. The molecule has 2 aromatic heterocycles. The summed E-state index contributed by atoms with van der Waals surface area (Å²) in [4.78, 5) is 29.8. The minimum atomic E-state index is -0.553. The molecule has 0 aliphatic rings. The fourth-order valence-electron chi connectivity index (χ4n) is 2.58. The van der Waals surface area contributed by atoms with E-state index in [0.717, 1.165) is 16.9 Å². The number of carbonyl (C=O) groups excluding carboxylic acids is 1. The highest BCUT2D eigenvalue weighted by molar-refractivity contribution is 7.20. The molecule has 124 valence electrons. The van der Waals surface area contributed by atoms with E-state index >= 15 is 0 Å². The molecule has 1 aromatic carbocycles. The third kappa shape index (κ3) is 2.78. The van der Waals surface area contributed by atoms with Gasteiger partial charge >= 0.3 is 6.01 Å². The number of aryl methyl sites for hydroxylation is 1. The van der Waals surface area contributed by atoms with Gasteiger partial charge in [-0.05, 0) is 25.0 Å². The Bertz CT molecular complexity index is 961. The molecule has 0 radical (unpaired) electrons. The molecule has 0 saturated carbocycles. The van der Waals surface area contributed by atoms with Crippen molar-refractivity contribution < 1.29 is 9.53 Å². The predicted molar refractivity (Wildman–Crippen MR) is 93.8 cm³/mol. The molecule has 0 aliphatic heterocycles. The van der Waals surface area contributed by atoms with Crippen molar-refractivity contribution in [1.29, 1.82) is 0 Å². The zero-order valence-corrected chi connectivity index (χ0v) is 14.2. The van der Waals surface area contributed by atoms with Crippen LogP contribution in [0.15, 0.2) is 35.1 Å². The van der Waals surface area contributed by atoms with E-state index in [1.807, 2.05) is 37.3 Å². The zero-order chi connectivity index (χ0) is 17.3. The lowest BCUT2D eigenvalue weighted by Gasteiger charge is -2.12. The molecule has 7 heteroatoms. The number of aromatic nitrogens is 2. The lowest BCUT2D eigenvalue weighted by molar-refractivity contribution is 0.100. The highest BCUT2D eigenvalue weighted by atomic mass is 32.1. The van der Waals surface area contributed by atoms with Gasteiger partial charge in [0.25, 0.3) is 11.5 Å². The third-order valence-corrected chi connectivity index (χ3v) is 4.90. The van der Waals surface area contributed by atoms with Gasteiger partial charge in [0, 0.05) is 0 Å². The standard InChI is InChI=1S/C17H17N3O3S/c1-3-23-17-19-15-12(10(2)13(24-15)14(18)21)16(22)20(17)9-11-7-5-4-6-8-11/h4-8H,3,9H2,1-2H3,(H2,18,21). The molecule has 24 heavy (non-hydrogen) atoms. The van der Waals surface area contributed by atoms with Crippen molar-refractivity contribution in [3.63, 3.8) is 0 Å². The Morgan fingerprint density at radius 2 is 2.04 bits per heavy atom. The van der Waals surface area contributed by atoms with Crippen LogP contribution in [0.5, 0.6) is 6.01 Å². The summed E-state index contributed by atoms with van der Waals surface area (Å²) < 4.78 is 7.04. The maximum atomic E-state index is 13.0. The van der Waals surface area contributed by atoms with Gasteiger partial charge in [0.15, 0.2) is 0 Å². The van der Waals surface area contributed by atoms with Gasteiger partial charge in [0.2, 0.25) is 0 Å². The number of rotatable bonds is 5. The van der Waals surface area contributed by atoms with Gasteiger partial charge in [-0.25, -0.2) is 0 Å². The van der Waals surface area contributed by atoms with Crippen molar-refractivity contribution >= 4 is 27.5 Å². The maximum absolute atomic E-state index is 13.0. The highest BCUT2D eigenvalue weighted by Gasteiger charge is 2.20. The molecule has 0 spiro atoms. The van der Waals surface area contributed by atoms with E-state index in [1.54, 1.807) is 6.92 Å². The van der Waals surface area contributed by atoms with Crippen LogP contribution in [0.1, 0.15) is 27.7 Å². The van der Waals surface area contributed by atoms with E-state index in [0.29, 0.717) is 33.8 Å². The Kier molecular flexibility index (Phi) is 4.35. The van der Waals surface area contributed by atoms with Crippen LogP contribution < -0.4 is 16.0 Å². The van der Waals surface area contributed by atoms with E-state index in [1.165, 1.54) is 4.57 Å². The maximum Gasteiger partial charge on any atom is 0.300 e. The molecule has 0 saturated heterocycles. The predicted octanol–water partition coefficient (Wildman–Crippen LogP) is 2.31. The summed E-state index contributed by atoms with van der Waals surface area (Å²) in [5.41, 5.74) is 6.70. The zero-order valence-electron chi connectivity index (χ0n) is 13.4. The van der Waals surface area contributed by atoms with E-state index in [2.05, 4.69) is 4.98 Å². The number of hydrogen-bond acceptors (Lipinski definition) is 5. The van der Waals surface area contributed by atoms with Crippen molar-refractivity contribution in [2.75, 3.05) is 6.61 Å². The molecule has 2 N–H and O–H groups in total. The van der Waals surface area contributed by atoms with E-state index < -0.39 is 5.91 Å². The molecule has 3 aromatic rings. The summed E-state index contributed by atoms with van der Waals surface area (Å²) in [6.07, 6.45) is 0. The first-order valence-electron chi connectivity index (χ1n) is 7.53. The van der Waals surface area contributed by atoms with Crippen LogP contribution in [0.4, 0.5) is 0 Å². The topological polar surface area (TPSA) is 87.2 Å². The van der Waals surface area contributed by atoms with Gasteiger partial charge in [-0.1, -0.05) is 30.3 Å². The van der Waals surface area contributed by atoms with Gasteiger partial charge in [-0.15, -0.1) is 11.3 Å². The molecule has 0 unspecified atom stereocenters. The molecular weight excluding hydrogens is 326 g/mol. The van der Waals surface area contributed by atoms with Crippen molar-refractivity contribution in [3.8, 4) is 6.01 Å². The summed E-state index contributed by atoms with van der Waals surface area (Å²) >= 11 is 1.12. The normalized spacial score (nSPS) is 10.9. The average molecular weight is 343 g/mol. The summed E-state index contributed by atoms with van der Waals surface area (Å²) in [6, 6.07) is 9.85. The summed E-state index contributed by atoms with van der Waals surface area (Å²) in [6.45, 7) is 4.28. The first-order chi connectivity index (χ1) is 11.5. The van der Waals surface area contributed by atoms with Gasteiger partial charge < -0.3 is 10.5 Å². The van der Waals surface area contributed by atoms with Crippen LogP contribution in [0.3, 0.4) is 0 Å².